The molecule has 0 radical (unpaired) electrons. The number of rotatable bonds is 3. The van der Waals surface area contributed by atoms with Gasteiger partial charge in [0.1, 0.15) is 17.7 Å². The van der Waals surface area contributed by atoms with Crippen LogP contribution in [0.15, 0.2) is 48.9 Å². The summed E-state index contributed by atoms with van der Waals surface area (Å²) in [5.74, 6) is 1.69. The van der Waals surface area contributed by atoms with Crippen LogP contribution in [0.1, 0.15) is 31.4 Å². The molecule has 3 aromatic rings. The van der Waals surface area contributed by atoms with E-state index in [-0.39, 0.29) is 12.0 Å². The van der Waals surface area contributed by atoms with Crippen LogP contribution in [0, 0.1) is 0 Å². The molecule has 7 heteroatoms. The van der Waals surface area contributed by atoms with Gasteiger partial charge in [-0.05, 0) is 37.6 Å². The summed E-state index contributed by atoms with van der Waals surface area (Å²) in [5, 5.41) is 10.9. The molecule has 5 rings (SSSR count). The van der Waals surface area contributed by atoms with Crippen LogP contribution in [-0.2, 0) is 4.79 Å². The minimum atomic E-state index is -0.119. The van der Waals surface area contributed by atoms with Crippen LogP contribution in [0.5, 0.6) is 5.75 Å². The second-order valence-corrected chi connectivity index (χ2v) is 7.00. The Morgan fingerprint density at radius 1 is 1.14 bits per heavy atom. The van der Waals surface area contributed by atoms with Crippen LogP contribution in [0.4, 0.5) is 17.2 Å². The van der Waals surface area contributed by atoms with Gasteiger partial charge < -0.3 is 15.0 Å². The van der Waals surface area contributed by atoms with Gasteiger partial charge in [-0.3, -0.25) is 4.79 Å². The van der Waals surface area contributed by atoms with Gasteiger partial charge in [-0.2, -0.15) is 10.2 Å². The molecular formula is C21H19N5O2. The topological polar surface area (TPSA) is 80.2 Å². The lowest BCUT2D eigenvalue weighted by molar-refractivity contribution is -0.117. The first-order valence-electron chi connectivity index (χ1n) is 9.34. The number of hydrogen-bond donors (Lipinski definition) is 1. The molecule has 2 aliphatic rings. The van der Waals surface area contributed by atoms with Crippen molar-refractivity contribution >= 4 is 23.1 Å². The molecule has 0 saturated carbocycles. The van der Waals surface area contributed by atoms with E-state index in [9.17, 15) is 4.79 Å². The van der Waals surface area contributed by atoms with Gasteiger partial charge >= 0.3 is 0 Å². The number of anilines is 3. The van der Waals surface area contributed by atoms with Crippen molar-refractivity contribution in [2.45, 2.75) is 25.9 Å². The number of hydrogen-bond acceptors (Lipinski definition) is 6. The highest BCUT2D eigenvalue weighted by Gasteiger charge is 2.27. The van der Waals surface area contributed by atoms with E-state index < -0.39 is 0 Å². The maximum atomic E-state index is 12.1. The average molecular weight is 373 g/mol. The third-order valence-electron chi connectivity index (χ3n) is 5.17. The van der Waals surface area contributed by atoms with Gasteiger partial charge in [0, 0.05) is 47.6 Å². The average Bonchev–Trinajstić information content (AvgIpc) is 3.14. The number of carbonyl (C=O) groups excluding carboxylic acids is 1. The van der Waals surface area contributed by atoms with Crippen LogP contribution in [0.3, 0.4) is 0 Å². The lowest BCUT2D eigenvalue weighted by atomic mass is 9.94. The molecule has 0 aliphatic carbocycles. The molecule has 28 heavy (non-hydrogen) atoms. The zero-order valence-electron chi connectivity index (χ0n) is 15.4. The summed E-state index contributed by atoms with van der Waals surface area (Å²) < 4.78 is 6.18. The highest BCUT2D eigenvalue weighted by Crippen LogP contribution is 2.44. The quantitative estimate of drug-likeness (QED) is 0.751. The fraction of sp³-hybridized carbons (Fsp3) is 0.238. The van der Waals surface area contributed by atoms with Crippen molar-refractivity contribution in [1.82, 2.24) is 15.2 Å². The number of nitrogens with zero attached hydrogens (tertiary/aromatic N) is 4. The van der Waals surface area contributed by atoms with Crippen molar-refractivity contribution < 1.29 is 9.53 Å². The summed E-state index contributed by atoms with van der Waals surface area (Å²) in [6.07, 6.45) is 6.55. The zero-order valence-corrected chi connectivity index (χ0v) is 15.4. The van der Waals surface area contributed by atoms with Gasteiger partial charge in [0.2, 0.25) is 5.91 Å². The molecule has 1 N–H and O–H groups in total. The van der Waals surface area contributed by atoms with E-state index in [1.807, 2.05) is 48.4 Å². The molecule has 1 saturated heterocycles. The molecule has 1 amide bonds. The van der Waals surface area contributed by atoms with Gasteiger partial charge in [-0.15, -0.1) is 0 Å². The first kappa shape index (κ1) is 16.7. The molecule has 2 aromatic heterocycles. The minimum Gasteiger partial charge on any atom is -0.485 e. The van der Waals surface area contributed by atoms with Crippen LogP contribution in [0.2, 0.25) is 0 Å². The van der Waals surface area contributed by atoms with Crippen LogP contribution in [-0.4, -0.2) is 27.6 Å². The predicted octanol–water partition coefficient (Wildman–Crippen LogP) is 3.86. The number of amides is 1. The zero-order chi connectivity index (χ0) is 19.1. The standard InChI is InChI=1S/C21H19N5O2/c1-13-17-10-20(25-14-6-7-23-24-11-14)22-12-18(17)16-5-4-15(9-19(16)28-13)26-8-2-3-21(26)27/h4-7,9-13H,2-3,8H2,1H3,(H,22,23,25). The number of nitrogens with one attached hydrogen (secondary N) is 1. The van der Waals surface area contributed by atoms with Gasteiger partial charge in [0.05, 0.1) is 18.1 Å². The van der Waals surface area contributed by atoms with Crippen LogP contribution < -0.4 is 15.0 Å². The van der Waals surface area contributed by atoms with E-state index in [1.165, 1.54) is 0 Å². The molecule has 7 nitrogen and oxygen atoms in total. The van der Waals surface area contributed by atoms with Crippen LogP contribution in [0.25, 0.3) is 11.1 Å². The van der Waals surface area contributed by atoms with E-state index in [4.69, 9.17) is 4.74 Å². The maximum Gasteiger partial charge on any atom is 0.227 e. The van der Waals surface area contributed by atoms with Crippen molar-refractivity contribution in [3.05, 3.63) is 54.5 Å². The number of benzene rings is 1. The summed E-state index contributed by atoms with van der Waals surface area (Å²) in [7, 11) is 0. The van der Waals surface area contributed by atoms with E-state index in [2.05, 4.69) is 20.5 Å². The van der Waals surface area contributed by atoms with Gasteiger partial charge in [0.25, 0.3) is 0 Å². The Hall–Kier alpha value is -3.48. The first-order chi connectivity index (χ1) is 13.7. The Bertz CT molecular complexity index is 1050. The summed E-state index contributed by atoms with van der Waals surface area (Å²) in [4.78, 5) is 18.4. The smallest absolute Gasteiger partial charge is 0.227 e. The number of ether oxygens (including phenoxy) is 1. The second kappa shape index (κ2) is 6.60. The predicted molar refractivity (Wildman–Crippen MR) is 106 cm³/mol. The highest BCUT2D eigenvalue weighted by molar-refractivity contribution is 5.96. The molecule has 1 fully saturated rings. The fourth-order valence-electron chi connectivity index (χ4n) is 3.79. The van der Waals surface area contributed by atoms with Gasteiger partial charge in [0.15, 0.2) is 0 Å². The lowest BCUT2D eigenvalue weighted by Crippen LogP contribution is -2.24. The van der Waals surface area contributed by atoms with Crippen LogP contribution >= 0.6 is 0 Å². The van der Waals surface area contributed by atoms with Gasteiger partial charge in [-0.25, -0.2) is 4.98 Å². The molecule has 1 atom stereocenters. The summed E-state index contributed by atoms with van der Waals surface area (Å²) >= 11 is 0. The molecule has 0 spiro atoms. The van der Waals surface area contributed by atoms with E-state index >= 15 is 0 Å². The molecule has 2 aliphatic heterocycles. The third kappa shape index (κ3) is 2.85. The second-order valence-electron chi connectivity index (χ2n) is 7.00. The first-order valence-corrected chi connectivity index (χ1v) is 9.34. The van der Waals surface area contributed by atoms with E-state index in [0.717, 1.165) is 52.6 Å². The molecule has 0 bridgehead atoms. The van der Waals surface area contributed by atoms with Crippen molar-refractivity contribution in [3.63, 3.8) is 0 Å². The minimum absolute atomic E-state index is 0.119. The lowest BCUT2D eigenvalue weighted by Gasteiger charge is -2.28. The van der Waals surface area contributed by atoms with Crippen molar-refractivity contribution in [1.29, 1.82) is 0 Å². The molecule has 4 heterocycles. The summed E-state index contributed by atoms with van der Waals surface area (Å²) in [5.41, 5.74) is 4.83. The number of aromatic nitrogens is 3. The Kier molecular flexibility index (Phi) is 3.93. The molecule has 1 unspecified atom stereocenters. The van der Waals surface area contributed by atoms with E-state index in [1.54, 1.807) is 12.4 Å². The monoisotopic (exact) mass is 373 g/mol. The number of carbonyl (C=O) groups is 1. The highest BCUT2D eigenvalue weighted by atomic mass is 16.5. The Morgan fingerprint density at radius 3 is 2.86 bits per heavy atom. The summed E-state index contributed by atoms with van der Waals surface area (Å²) in [6.45, 7) is 2.79. The summed E-state index contributed by atoms with van der Waals surface area (Å²) in [6, 6.07) is 9.81. The Labute approximate surface area is 162 Å². The SMILES string of the molecule is CC1Oc2cc(N3CCCC3=O)ccc2-c2cnc(Nc3ccnnc3)cc21. The third-order valence-corrected chi connectivity index (χ3v) is 5.17. The number of pyridine rings is 1. The van der Waals surface area contributed by atoms with E-state index in [0.29, 0.717) is 6.42 Å². The number of fused-ring (bicyclic) bond motifs is 3. The molecule has 1 aromatic carbocycles. The molecular weight excluding hydrogens is 354 g/mol. The molecule has 140 valence electrons. The van der Waals surface area contributed by atoms with Crippen molar-refractivity contribution in [3.8, 4) is 16.9 Å². The Morgan fingerprint density at radius 2 is 2.07 bits per heavy atom. The normalized spacial score (nSPS) is 17.7. The Balaban J connectivity index is 1.49. The maximum absolute atomic E-state index is 12.1. The fourth-order valence-corrected chi connectivity index (χ4v) is 3.79. The largest absolute Gasteiger partial charge is 0.485 e. The van der Waals surface area contributed by atoms with Crippen molar-refractivity contribution in [2.24, 2.45) is 0 Å². The van der Waals surface area contributed by atoms with Gasteiger partial charge in [-0.1, -0.05) is 0 Å². The van der Waals surface area contributed by atoms with Crippen molar-refractivity contribution in [2.75, 3.05) is 16.8 Å².